The molecule has 1 aromatic carbocycles. The Bertz CT molecular complexity index is 834. The third-order valence-electron chi connectivity index (χ3n) is 5.55. The summed E-state index contributed by atoms with van der Waals surface area (Å²) < 4.78 is 32.6. The smallest absolute Gasteiger partial charge is 0.224 e. The maximum Gasteiger partial charge on any atom is 0.224 e. The lowest BCUT2D eigenvalue weighted by Gasteiger charge is -2.40. The second kappa shape index (κ2) is 8.32. The van der Waals surface area contributed by atoms with Crippen LogP contribution in [0.25, 0.3) is 0 Å². The van der Waals surface area contributed by atoms with Crippen LogP contribution in [0, 0.1) is 17.6 Å². The Kier molecular flexibility index (Phi) is 5.64. The van der Waals surface area contributed by atoms with Gasteiger partial charge in [-0.05, 0) is 42.2 Å². The van der Waals surface area contributed by atoms with Gasteiger partial charge >= 0.3 is 0 Å². The summed E-state index contributed by atoms with van der Waals surface area (Å²) in [6, 6.07) is 7.93. The summed E-state index contributed by atoms with van der Waals surface area (Å²) in [5, 5.41) is 2.98. The highest BCUT2D eigenvalue weighted by atomic mass is 19.2. The molecule has 1 N–H and O–H groups in total. The van der Waals surface area contributed by atoms with Gasteiger partial charge in [0.1, 0.15) is 0 Å². The van der Waals surface area contributed by atoms with Gasteiger partial charge in [-0.3, -0.25) is 14.7 Å². The summed E-state index contributed by atoms with van der Waals surface area (Å²) in [5.74, 6) is -1.92. The summed E-state index contributed by atoms with van der Waals surface area (Å²) >= 11 is 0. The Labute approximate surface area is 162 Å². The van der Waals surface area contributed by atoms with E-state index in [9.17, 15) is 13.6 Å². The van der Waals surface area contributed by atoms with Crippen molar-refractivity contribution in [2.75, 3.05) is 13.2 Å². The van der Waals surface area contributed by atoms with Crippen molar-refractivity contribution in [1.29, 1.82) is 0 Å². The van der Waals surface area contributed by atoms with Crippen molar-refractivity contribution >= 4 is 5.91 Å². The van der Waals surface area contributed by atoms with E-state index in [1.165, 1.54) is 6.07 Å². The largest absolute Gasteiger partial charge is 0.377 e. The van der Waals surface area contributed by atoms with Gasteiger partial charge in [0.2, 0.25) is 5.91 Å². The van der Waals surface area contributed by atoms with Crippen LogP contribution in [0.2, 0.25) is 0 Å². The van der Waals surface area contributed by atoms with Crippen LogP contribution in [-0.4, -0.2) is 41.1 Å². The van der Waals surface area contributed by atoms with Crippen molar-refractivity contribution in [2.24, 2.45) is 5.92 Å². The number of nitrogens with one attached hydrogen (secondary N) is 1. The molecule has 2 aliphatic rings. The summed E-state index contributed by atoms with van der Waals surface area (Å²) in [6.45, 7) is 2.13. The fourth-order valence-electron chi connectivity index (χ4n) is 4.13. The monoisotopic (exact) mass is 387 g/mol. The maximum atomic E-state index is 13.6. The Morgan fingerprint density at radius 2 is 2.14 bits per heavy atom. The Hall–Kier alpha value is -2.38. The van der Waals surface area contributed by atoms with Gasteiger partial charge < -0.3 is 10.1 Å². The number of aromatic nitrogens is 1. The molecule has 0 bridgehead atoms. The molecule has 0 spiro atoms. The van der Waals surface area contributed by atoms with Crippen molar-refractivity contribution in [1.82, 2.24) is 15.2 Å². The summed E-state index contributed by atoms with van der Waals surface area (Å²) in [5.41, 5.74) is 1.64. The van der Waals surface area contributed by atoms with E-state index < -0.39 is 11.6 Å². The van der Waals surface area contributed by atoms with Gasteiger partial charge in [-0.1, -0.05) is 12.1 Å². The Balaban J connectivity index is 1.43. The van der Waals surface area contributed by atoms with E-state index in [0.29, 0.717) is 38.2 Å². The van der Waals surface area contributed by atoms with E-state index in [-0.39, 0.29) is 24.0 Å². The highest BCUT2D eigenvalue weighted by Gasteiger charge is 2.42. The fourth-order valence-corrected chi connectivity index (χ4v) is 4.13. The third kappa shape index (κ3) is 4.20. The number of likely N-dealkylation sites (tertiary alicyclic amines) is 1. The number of carbonyl (C=O) groups is 1. The molecule has 0 aliphatic carbocycles. The summed E-state index contributed by atoms with van der Waals surface area (Å²) in [7, 11) is 0. The number of hydrogen-bond donors (Lipinski definition) is 1. The average Bonchev–Trinajstić information content (AvgIpc) is 3.19. The predicted octanol–water partition coefficient (Wildman–Crippen LogP) is 2.66. The van der Waals surface area contributed by atoms with Crippen LogP contribution in [-0.2, 0) is 22.6 Å². The molecule has 0 radical (unpaired) electrons. The van der Waals surface area contributed by atoms with Crippen molar-refractivity contribution in [3.8, 4) is 0 Å². The van der Waals surface area contributed by atoms with Gasteiger partial charge in [0.25, 0.3) is 0 Å². The second-order valence-electron chi connectivity index (χ2n) is 7.45. The molecule has 28 heavy (non-hydrogen) atoms. The highest BCUT2D eigenvalue weighted by molar-refractivity contribution is 5.79. The van der Waals surface area contributed by atoms with Gasteiger partial charge in [0, 0.05) is 44.7 Å². The lowest BCUT2D eigenvalue weighted by Crippen LogP contribution is -2.52. The lowest BCUT2D eigenvalue weighted by atomic mass is 9.89. The van der Waals surface area contributed by atoms with Gasteiger partial charge in [-0.25, -0.2) is 8.78 Å². The first-order chi connectivity index (χ1) is 13.6. The Morgan fingerprint density at radius 1 is 1.25 bits per heavy atom. The standard InChI is InChI=1S/C21H23F2N3O2/c22-17-4-3-14(8-18(17)23)12-26-13-16(9-20-19(26)5-7-28-20)21(27)25-11-15-2-1-6-24-10-15/h1-4,6,8,10,16,19-20H,5,7,9,11-13H2,(H,25,27)/t16-,19+,20+/m0/s1. The first-order valence-corrected chi connectivity index (χ1v) is 9.56. The van der Waals surface area contributed by atoms with Crippen LogP contribution < -0.4 is 5.32 Å². The lowest BCUT2D eigenvalue weighted by molar-refractivity contribution is -0.130. The van der Waals surface area contributed by atoms with Gasteiger partial charge in [0.15, 0.2) is 11.6 Å². The molecular formula is C21H23F2N3O2. The maximum absolute atomic E-state index is 13.6. The summed E-state index contributed by atoms with van der Waals surface area (Å²) in [6.07, 6.45) is 4.98. The van der Waals surface area contributed by atoms with Gasteiger partial charge in [-0.15, -0.1) is 0 Å². The number of rotatable bonds is 5. The van der Waals surface area contributed by atoms with E-state index in [2.05, 4.69) is 15.2 Å². The van der Waals surface area contributed by atoms with E-state index in [4.69, 9.17) is 4.74 Å². The molecule has 4 rings (SSSR count). The third-order valence-corrected chi connectivity index (χ3v) is 5.55. The minimum atomic E-state index is -0.850. The number of benzene rings is 1. The van der Waals surface area contributed by atoms with Crippen LogP contribution in [0.3, 0.4) is 0 Å². The molecule has 2 saturated heterocycles. The van der Waals surface area contributed by atoms with E-state index in [1.807, 2.05) is 12.1 Å². The van der Waals surface area contributed by atoms with Crippen LogP contribution in [0.15, 0.2) is 42.7 Å². The second-order valence-corrected chi connectivity index (χ2v) is 7.45. The molecule has 2 aromatic rings. The summed E-state index contributed by atoms with van der Waals surface area (Å²) in [4.78, 5) is 19.0. The quantitative estimate of drug-likeness (QED) is 0.857. The molecular weight excluding hydrogens is 364 g/mol. The van der Waals surface area contributed by atoms with Crippen LogP contribution in [0.4, 0.5) is 8.78 Å². The molecule has 2 fully saturated rings. The van der Waals surface area contributed by atoms with E-state index in [1.54, 1.807) is 18.5 Å². The van der Waals surface area contributed by atoms with E-state index in [0.717, 1.165) is 18.1 Å². The van der Waals surface area contributed by atoms with Crippen LogP contribution >= 0.6 is 0 Å². The van der Waals surface area contributed by atoms with Gasteiger partial charge in [0.05, 0.1) is 12.0 Å². The number of nitrogens with zero attached hydrogens (tertiary/aromatic N) is 2. The average molecular weight is 387 g/mol. The predicted molar refractivity (Wildman–Crippen MR) is 99.1 cm³/mol. The van der Waals surface area contributed by atoms with Crippen LogP contribution in [0.5, 0.6) is 0 Å². The molecule has 1 aromatic heterocycles. The molecule has 3 heterocycles. The van der Waals surface area contributed by atoms with Crippen molar-refractivity contribution in [3.63, 3.8) is 0 Å². The topological polar surface area (TPSA) is 54.5 Å². The number of piperidine rings is 1. The number of carbonyl (C=O) groups excluding carboxylic acids is 1. The first kappa shape index (κ1) is 19.0. The molecule has 0 saturated carbocycles. The van der Waals surface area contributed by atoms with Gasteiger partial charge in [-0.2, -0.15) is 0 Å². The molecule has 1 amide bonds. The number of fused-ring (bicyclic) bond motifs is 1. The minimum absolute atomic E-state index is 0.00631. The zero-order valence-corrected chi connectivity index (χ0v) is 15.5. The van der Waals surface area contributed by atoms with Crippen molar-refractivity contribution < 1.29 is 18.3 Å². The molecule has 3 atom stereocenters. The van der Waals surface area contributed by atoms with Crippen molar-refractivity contribution in [2.45, 2.75) is 38.1 Å². The van der Waals surface area contributed by atoms with Crippen LogP contribution in [0.1, 0.15) is 24.0 Å². The normalized spacial score (nSPS) is 24.7. The SMILES string of the molecule is O=C(NCc1cccnc1)[C@H]1C[C@H]2OCC[C@H]2N(Cc2ccc(F)c(F)c2)C1. The zero-order valence-electron chi connectivity index (χ0n) is 15.5. The van der Waals surface area contributed by atoms with E-state index >= 15 is 0 Å². The molecule has 148 valence electrons. The molecule has 7 heteroatoms. The number of hydrogen-bond acceptors (Lipinski definition) is 4. The minimum Gasteiger partial charge on any atom is -0.377 e. The first-order valence-electron chi connectivity index (χ1n) is 9.56. The molecule has 2 aliphatic heterocycles. The number of halogens is 2. The molecule has 0 unspecified atom stereocenters. The number of pyridine rings is 1. The fraction of sp³-hybridized carbons (Fsp3) is 0.429. The van der Waals surface area contributed by atoms with Crippen molar-refractivity contribution in [3.05, 3.63) is 65.5 Å². The number of ether oxygens (including phenoxy) is 1. The number of amides is 1. The zero-order chi connectivity index (χ0) is 19.5. The Morgan fingerprint density at radius 3 is 2.93 bits per heavy atom. The highest BCUT2D eigenvalue weighted by Crippen LogP contribution is 2.32. The molecule has 5 nitrogen and oxygen atoms in total.